The molecule has 0 atom stereocenters. The fourth-order valence-corrected chi connectivity index (χ4v) is 0.601. The van der Waals surface area contributed by atoms with Gasteiger partial charge >= 0.3 is 5.97 Å². The van der Waals surface area contributed by atoms with Crippen molar-refractivity contribution >= 4 is 5.97 Å². The molecule has 0 amide bonds. The summed E-state index contributed by atoms with van der Waals surface area (Å²) in [5.74, 6) is 0.120. The number of ether oxygens (including phenoxy) is 1. The van der Waals surface area contributed by atoms with Crippen molar-refractivity contribution in [1.29, 1.82) is 0 Å². The largest absolute Gasteiger partial charge is 0.462 e. The molecule has 12 heavy (non-hydrogen) atoms. The molecule has 0 aliphatic carbocycles. The average molecular weight is 168 g/mol. The van der Waals surface area contributed by atoms with Crippen molar-refractivity contribution in [2.24, 2.45) is 5.92 Å². The van der Waals surface area contributed by atoms with Crippen LogP contribution in [0, 0.1) is 5.92 Å². The van der Waals surface area contributed by atoms with Gasteiger partial charge in [0.05, 0.1) is 6.61 Å². The molecule has 68 valence electrons. The molecular weight excluding hydrogens is 152 g/mol. The Bertz CT molecular complexity index is 190. The Kier molecular flexibility index (Phi) is 5.09. The summed E-state index contributed by atoms with van der Waals surface area (Å²) in [5, 5.41) is 0. The summed E-state index contributed by atoms with van der Waals surface area (Å²) in [6.45, 7) is 9.68. The highest BCUT2D eigenvalue weighted by atomic mass is 16.5. The lowest BCUT2D eigenvalue weighted by Crippen LogP contribution is -2.10. The zero-order valence-electron chi connectivity index (χ0n) is 7.96. The number of esters is 1. The van der Waals surface area contributed by atoms with Crippen LogP contribution in [0.1, 0.15) is 20.8 Å². The lowest BCUT2D eigenvalue weighted by atomic mass is 10.2. The molecule has 0 aromatic heterocycles. The van der Waals surface area contributed by atoms with Crippen LogP contribution < -0.4 is 0 Å². The summed E-state index contributed by atoms with van der Waals surface area (Å²) in [4.78, 5) is 11.1. The first-order valence-electron chi connectivity index (χ1n) is 4.04. The average Bonchev–Trinajstić information content (AvgIpc) is 2.00. The lowest BCUT2D eigenvalue weighted by Gasteiger charge is -2.06. The van der Waals surface area contributed by atoms with E-state index in [4.69, 9.17) is 4.74 Å². The Morgan fingerprint density at radius 1 is 1.58 bits per heavy atom. The fraction of sp³-hybridized carbons (Fsp3) is 0.500. The van der Waals surface area contributed by atoms with Crippen LogP contribution in [-0.4, -0.2) is 12.6 Å². The van der Waals surface area contributed by atoms with E-state index in [1.54, 1.807) is 19.1 Å². The summed E-state index contributed by atoms with van der Waals surface area (Å²) >= 11 is 0. The highest BCUT2D eigenvalue weighted by Gasteiger charge is 2.04. The number of hydrogen-bond acceptors (Lipinski definition) is 2. The van der Waals surface area contributed by atoms with Crippen LogP contribution in [0.3, 0.4) is 0 Å². The van der Waals surface area contributed by atoms with Crippen LogP contribution in [0.4, 0.5) is 0 Å². The number of hydrogen-bond donors (Lipinski definition) is 0. The van der Waals surface area contributed by atoms with Crippen molar-refractivity contribution < 1.29 is 9.53 Å². The zero-order valence-corrected chi connectivity index (χ0v) is 7.96. The lowest BCUT2D eigenvalue weighted by molar-refractivity contribution is -0.140. The molecule has 0 bridgehead atoms. The Morgan fingerprint density at radius 3 is 2.58 bits per heavy atom. The number of carbonyl (C=O) groups is 1. The summed E-state index contributed by atoms with van der Waals surface area (Å²) in [6, 6.07) is 0. The third-order valence-corrected chi connectivity index (χ3v) is 1.24. The highest BCUT2D eigenvalue weighted by Crippen LogP contribution is 1.99. The maximum atomic E-state index is 11.1. The number of allylic oxidation sites excluding steroid dienone is 2. The van der Waals surface area contributed by atoms with Gasteiger partial charge < -0.3 is 4.74 Å². The van der Waals surface area contributed by atoms with Gasteiger partial charge in [0.2, 0.25) is 0 Å². The molecule has 0 spiro atoms. The first-order valence-corrected chi connectivity index (χ1v) is 4.04. The normalized spacial score (nSPS) is 11.5. The van der Waals surface area contributed by atoms with E-state index in [-0.39, 0.29) is 5.97 Å². The number of rotatable bonds is 4. The molecule has 2 heteroatoms. The van der Waals surface area contributed by atoms with Gasteiger partial charge in [0, 0.05) is 5.57 Å². The predicted octanol–water partition coefficient (Wildman–Crippen LogP) is 2.32. The van der Waals surface area contributed by atoms with Crippen molar-refractivity contribution in [2.75, 3.05) is 6.61 Å². The summed E-state index contributed by atoms with van der Waals surface area (Å²) in [7, 11) is 0. The first kappa shape index (κ1) is 11.0. The molecule has 0 aliphatic rings. The van der Waals surface area contributed by atoms with E-state index >= 15 is 0 Å². The maximum absolute atomic E-state index is 11.1. The van der Waals surface area contributed by atoms with Crippen LogP contribution in [0.25, 0.3) is 0 Å². The molecule has 0 radical (unpaired) electrons. The minimum Gasteiger partial charge on any atom is -0.462 e. The van der Waals surface area contributed by atoms with Gasteiger partial charge in [0.1, 0.15) is 0 Å². The molecule has 0 N–H and O–H groups in total. The minimum atomic E-state index is -0.261. The smallest absolute Gasteiger partial charge is 0.333 e. The Hall–Kier alpha value is -1.05. The van der Waals surface area contributed by atoms with E-state index in [1.807, 2.05) is 13.8 Å². The quantitative estimate of drug-likeness (QED) is 0.366. The molecule has 0 aliphatic heterocycles. The van der Waals surface area contributed by atoms with Crippen molar-refractivity contribution in [2.45, 2.75) is 20.8 Å². The molecule has 0 aromatic rings. The van der Waals surface area contributed by atoms with Crippen molar-refractivity contribution in [3.63, 3.8) is 0 Å². The Balaban J connectivity index is 3.88. The fourth-order valence-electron chi connectivity index (χ4n) is 0.601. The second-order valence-electron chi connectivity index (χ2n) is 3.08. The van der Waals surface area contributed by atoms with Gasteiger partial charge in [-0.25, -0.2) is 4.79 Å². The van der Waals surface area contributed by atoms with E-state index in [0.717, 1.165) is 0 Å². The Morgan fingerprint density at radius 2 is 2.17 bits per heavy atom. The van der Waals surface area contributed by atoms with Crippen molar-refractivity contribution in [1.82, 2.24) is 0 Å². The van der Waals surface area contributed by atoms with Crippen LogP contribution in [-0.2, 0) is 9.53 Å². The Labute approximate surface area is 73.9 Å². The summed E-state index contributed by atoms with van der Waals surface area (Å²) in [6.07, 6.45) is 3.22. The van der Waals surface area contributed by atoms with Gasteiger partial charge in [-0.05, 0) is 12.8 Å². The van der Waals surface area contributed by atoms with E-state index in [0.29, 0.717) is 18.1 Å². The first-order chi connectivity index (χ1) is 5.57. The van der Waals surface area contributed by atoms with Gasteiger partial charge in [-0.2, -0.15) is 0 Å². The van der Waals surface area contributed by atoms with Crippen molar-refractivity contribution in [3.8, 4) is 0 Å². The van der Waals surface area contributed by atoms with Crippen LogP contribution in [0.5, 0.6) is 0 Å². The predicted molar refractivity (Wildman–Crippen MR) is 49.8 cm³/mol. The van der Waals surface area contributed by atoms with Crippen LogP contribution >= 0.6 is 0 Å². The van der Waals surface area contributed by atoms with Gasteiger partial charge in [-0.3, -0.25) is 0 Å². The molecular formula is C10H16O2. The van der Waals surface area contributed by atoms with Crippen molar-refractivity contribution in [3.05, 3.63) is 24.3 Å². The van der Waals surface area contributed by atoms with Crippen LogP contribution in [0.2, 0.25) is 0 Å². The topological polar surface area (TPSA) is 26.3 Å². The highest BCUT2D eigenvalue weighted by molar-refractivity contribution is 5.88. The molecule has 0 aromatic carbocycles. The molecule has 0 fully saturated rings. The molecule has 0 unspecified atom stereocenters. The van der Waals surface area contributed by atoms with Gasteiger partial charge in [0.25, 0.3) is 0 Å². The standard InChI is InChI=1S/C10H16O2/c1-5-6-9(4)10(11)12-7-8(2)3/h5-6,8H,1,7H2,2-4H3/b9-6+. The SMILES string of the molecule is C=C/C=C(\C)C(=O)OCC(C)C. The molecule has 0 heterocycles. The maximum Gasteiger partial charge on any atom is 0.333 e. The summed E-state index contributed by atoms with van der Waals surface area (Å²) in [5.41, 5.74) is 0.589. The van der Waals surface area contributed by atoms with Crippen LogP contribution in [0.15, 0.2) is 24.3 Å². The molecule has 0 saturated heterocycles. The molecule has 2 nitrogen and oxygen atoms in total. The van der Waals surface area contributed by atoms with E-state index in [2.05, 4.69) is 6.58 Å². The monoisotopic (exact) mass is 168 g/mol. The number of carbonyl (C=O) groups excluding carboxylic acids is 1. The zero-order chi connectivity index (χ0) is 9.56. The van der Waals surface area contributed by atoms with Gasteiger partial charge in [-0.15, -0.1) is 0 Å². The molecule has 0 rings (SSSR count). The molecule has 0 saturated carbocycles. The van der Waals surface area contributed by atoms with Gasteiger partial charge in [0.15, 0.2) is 0 Å². The second kappa shape index (κ2) is 5.58. The summed E-state index contributed by atoms with van der Waals surface area (Å²) < 4.78 is 4.96. The van der Waals surface area contributed by atoms with E-state index < -0.39 is 0 Å². The minimum absolute atomic E-state index is 0.261. The third-order valence-electron chi connectivity index (χ3n) is 1.24. The third kappa shape index (κ3) is 4.72. The second-order valence-corrected chi connectivity index (χ2v) is 3.08. The van der Waals surface area contributed by atoms with Gasteiger partial charge in [-0.1, -0.05) is 32.6 Å². The van der Waals surface area contributed by atoms with E-state index in [9.17, 15) is 4.79 Å². The van der Waals surface area contributed by atoms with E-state index in [1.165, 1.54) is 0 Å².